The molecule has 0 amide bonds. The van der Waals surface area contributed by atoms with Gasteiger partial charge in [0.1, 0.15) is 0 Å². The highest BCUT2D eigenvalue weighted by Crippen LogP contribution is 2.14. The average Bonchev–Trinajstić information content (AvgIpc) is 2.87. The molecule has 0 aliphatic carbocycles. The molecule has 2 aromatic rings. The Balaban J connectivity index is 2.29. The van der Waals surface area contributed by atoms with Crippen molar-refractivity contribution in [3.63, 3.8) is 0 Å². The number of carbonyl (C=O) groups is 1. The highest BCUT2D eigenvalue weighted by atomic mass is 16.5. The van der Waals surface area contributed by atoms with Crippen LogP contribution >= 0.6 is 0 Å². The van der Waals surface area contributed by atoms with Gasteiger partial charge in [-0.2, -0.15) is 0 Å². The summed E-state index contributed by atoms with van der Waals surface area (Å²) in [5, 5.41) is 0. The molecule has 0 unspecified atom stereocenters. The molecule has 0 fully saturated rings. The van der Waals surface area contributed by atoms with Crippen LogP contribution in [0.4, 0.5) is 0 Å². The van der Waals surface area contributed by atoms with Crippen LogP contribution in [-0.4, -0.2) is 24.8 Å². The maximum atomic E-state index is 11.5. The molecule has 1 aromatic heterocycles. The molecule has 0 atom stereocenters. The fourth-order valence-corrected chi connectivity index (χ4v) is 1.76. The number of rotatable bonds is 4. The van der Waals surface area contributed by atoms with Gasteiger partial charge in [0.2, 0.25) is 0 Å². The first-order chi connectivity index (χ1) is 8.74. The van der Waals surface area contributed by atoms with Crippen LogP contribution in [0.2, 0.25) is 0 Å². The van der Waals surface area contributed by atoms with Gasteiger partial charge in [0.15, 0.2) is 0 Å². The van der Waals surface area contributed by atoms with Gasteiger partial charge in [-0.15, -0.1) is 0 Å². The lowest BCUT2D eigenvalue weighted by molar-refractivity contribution is 0.0600. The van der Waals surface area contributed by atoms with Crippen LogP contribution < -0.4 is 0 Å². The lowest BCUT2D eigenvalue weighted by Crippen LogP contribution is -2.02. The molecule has 0 aliphatic rings. The zero-order chi connectivity index (χ0) is 13.0. The third kappa shape index (κ3) is 2.60. The third-order valence-corrected chi connectivity index (χ3v) is 2.63. The predicted molar refractivity (Wildman–Crippen MR) is 67.8 cm³/mol. The Hall–Kier alpha value is -2.07. The lowest BCUT2D eigenvalue weighted by atomic mass is 10.2. The van der Waals surface area contributed by atoms with Crippen molar-refractivity contribution in [2.75, 3.05) is 14.2 Å². The fraction of sp³-hybridized carbons (Fsp3) is 0.214. The second kappa shape index (κ2) is 5.51. The van der Waals surface area contributed by atoms with E-state index in [9.17, 15) is 4.79 Å². The molecule has 0 bridgehead atoms. The Kier molecular flexibility index (Phi) is 3.79. The molecule has 94 valence electrons. The van der Waals surface area contributed by atoms with Crippen LogP contribution in [0.1, 0.15) is 15.9 Å². The summed E-state index contributed by atoms with van der Waals surface area (Å²) in [6.45, 7) is 0.573. The summed E-state index contributed by atoms with van der Waals surface area (Å²) in [6.07, 6.45) is 3.91. The number of hydrogen-bond donors (Lipinski definition) is 0. The quantitative estimate of drug-likeness (QED) is 0.777. The van der Waals surface area contributed by atoms with Gasteiger partial charge in [-0.3, -0.25) is 0 Å². The number of esters is 1. The van der Waals surface area contributed by atoms with Crippen LogP contribution in [0.15, 0.2) is 42.7 Å². The molecule has 18 heavy (non-hydrogen) atoms. The summed E-state index contributed by atoms with van der Waals surface area (Å²) >= 11 is 0. The van der Waals surface area contributed by atoms with E-state index in [1.54, 1.807) is 19.2 Å². The van der Waals surface area contributed by atoms with Crippen LogP contribution in [0, 0.1) is 0 Å². The number of ether oxygens (including phenoxy) is 2. The molecule has 0 radical (unpaired) electrons. The van der Waals surface area contributed by atoms with Gasteiger partial charge in [-0.25, -0.2) is 4.79 Å². The monoisotopic (exact) mass is 245 g/mol. The molecule has 0 saturated heterocycles. The van der Waals surface area contributed by atoms with E-state index >= 15 is 0 Å². The molecule has 1 heterocycles. The zero-order valence-electron chi connectivity index (χ0n) is 10.4. The number of carbonyl (C=O) groups excluding carboxylic acids is 1. The Morgan fingerprint density at radius 3 is 2.83 bits per heavy atom. The summed E-state index contributed by atoms with van der Waals surface area (Å²) in [5.74, 6) is -0.332. The van der Waals surface area contributed by atoms with Gasteiger partial charge in [0.25, 0.3) is 0 Å². The average molecular weight is 245 g/mol. The molecule has 0 spiro atoms. The van der Waals surface area contributed by atoms with Crippen molar-refractivity contribution >= 4 is 5.97 Å². The summed E-state index contributed by atoms with van der Waals surface area (Å²) in [4.78, 5) is 11.5. The standard InChI is InChI=1S/C14H15NO3/c1-17-10-11-6-7-15(9-11)13-5-3-4-12(8-13)14(16)18-2/h3-9H,10H2,1-2H3. The summed E-state index contributed by atoms with van der Waals surface area (Å²) in [5.41, 5.74) is 2.54. The van der Waals surface area contributed by atoms with E-state index in [0.29, 0.717) is 12.2 Å². The minimum atomic E-state index is -0.332. The predicted octanol–water partition coefficient (Wildman–Crippen LogP) is 2.41. The molecule has 1 aromatic carbocycles. The summed E-state index contributed by atoms with van der Waals surface area (Å²) in [6, 6.07) is 9.27. The van der Waals surface area contributed by atoms with Crippen molar-refractivity contribution in [3.8, 4) is 5.69 Å². The normalized spacial score (nSPS) is 10.3. The second-order valence-electron chi connectivity index (χ2n) is 3.90. The smallest absolute Gasteiger partial charge is 0.337 e. The Morgan fingerprint density at radius 2 is 2.11 bits per heavy atom. The SMILES string of the molecule is COCc1ccn(-c2cccc(C(=O)OC)c2)c1. The van der Waals surface area contributed by atoms with Crippen molar-refractivity contribution in [1.29, 1.82) is 0 Å². The third-order valence-electron chi connectivity index (χ3n) is 2.63. The topological polar surface area (TPSA) is 40.5 Å². The summed E-state index contributed by atoms with van der Waals surface area (Å²) < 4.78 is 11.7. The molecular weight excluding hydrogens is 230 g/mol. The van der Waals surface area contributed by atoms with Crippen molar-refractivity contribution in [1.82, 2.24) is 4.57 Å². The lowest BCUT2D eigenvalue weighted by Gasteiger charge is -2.05. The maximum Gasteiger partial charge on any atom is 0.337 e. The van der Waals surface area contributed by atoms with Crippen molar-refractivity contribution in [3.05, 3.63) is 53.9 Å². The van der Waals surface area contributed by atoms with E-state index in [1.165, 1.54) is 7.11 Å². The van der Waals surface area contributed by atoms with Crippen LogP contribution in [0.3, 0.4) is 0 Å². The molecular formula is C14H15NO3. The second-order valence-corrected chi connectivity index (χ2v) is 3.90. The molecule has 0 N–H and O–H groups in total. The van der Waals surface area contributed by atoms with Gasteiger partial charge < -0.3 is 14.0 Å². The number of hydrogen-bond acceptors (Lipinski definition) is 3. The van der Waals surface area contributed by atoms with Gasteiger partial charge >= 0.3 is 5.97 Å². The summed E-state index contributed by atoms with van der Waals surface area (Å²) in [7, 11) is 3.04. The highest BCUT2D eigenvalue weighted by Gasteiger charge is 2.06. The minimum Gasteiger partial charge on any atom is -0.465 e. The Bertz CT molecular complexity index is 545. The highest BCUT2D eigenvalue weighted by molar-refractivity contribution is 5.89. The first kappa shape index (κ1) is 12.4. The van der Waals surface area contributed by atoms with E-state index in [-0.39, 0.29) is 5.97 Å². The maximum absolute atomic E-state index is 11.5. The minimum absolute atomic E-state index is 0.332. The number of nitrogens with zero attached hydrogens (tertiary/aromatic N) is 1. The van der Waals surface area contributed by atoms with E-state index < -0.39 is 0 Å². The number of aromatic nitrogens is 1. The van der Waals surface area contributed by atoms with Gasteiger partial charge in [-0.1, -0.05) is 6.07 Å². The van der Waals surface area contributed by atoms with E-state index in [2.05, 4.69) is 0 Å². The molecule has 4 nitrogen and oxygen atoms in total. The first-order valence-electron chi connectivity index (χ1n) is 5.59. The van der Waals surface area contributed by atoms with Crippen LogP contribution in [0.25, 0.3) is 5.69 Å². The van der Waals surface area contributed by atoms with Crippen molar-refractivity contribution < 1.29 is 14.3 Å². The van der Waals surface area contributed by atoms with Crippen LogP contribution in [0.5, 0.6) is 0 Å². The Morgan fingerprint density at radius 1 is 1.28 bits per heavy atom. The largest absolute Gasteiger partial charge is 0.465 e. The molecule has 4 heteroatoms. The zero-order valence-corrected chi connectivity index (χ0v) is 10.4. The van der Waals surface area contributed by atoms with Gasteiger partial charge in [0.05, 0.1) is 19.3 Å². The fourth-order valence-electron chi connectivity index (χ4n) is 1.76. The van der Waals surface area contributed by atoms with Crippen LogP contribution in [-0.2, 0) is 16.1 Å². The number of methoxy groups -OCH3 is 2. The molecule has 0 saturated carbocycles. The van der Waals surface area contributed by atoms with Crippen molar-refractivity contribution in [2.24, 2.45) is 0 Å². The Labute approximate surface area is 106 Å². The molecule has 2 rings (SSSR count). The van der Waals surface area contributed by atoms with E-state index in [4.69, 9.17) is 9.47 Å². The van der Waals surface area contributed by atoms with E-state index in [1.807, 2.05) is 35.2 Å². The van der Waals surface area contributed by atoms with Gasteiger partial charge in [-0.05, 0) is 29.8 Å². The number of benzene rings is 1. The van der Waals surface area contributed by atoms with Crippen molar-refractivity contribution in [2.45, 2.75) is 6.61 Å². The van der Waals surface area contributed by atoms with E-state index in [0.717, 1.165) is 11.3 Å². The van der Waals surface area contributed by atoms with Gasteiger partial charge in [0, 0.05) is 25.2 Å². The first-order valence-corrected chi connectivity index (χ1v) is 5.59. The molecule has 0 aliphatic heterocycles.